The highest BCUT2D eigenvalue weighted by molar-refractivity contribution is 6.31. The molecule has 0 amide bonds. The van der Waals surface area contributed by atoms with E-state index in [9.17, 15) is 9.18 Å². The van der Waals surface area contributed by atoms with Crippen LogP contribution in [-0.4, -0.2) is 5.78 Å². The summed E-state index contributed by atoms with van der Waals surface area (Å²) >= 11 is 6.38. The molecule has 5 heteroatoms. The molecule has 2 N–H and O–H groups in total. The average molecular weight is 385 g/mol. The van der Waals surface area contributed by atoms with Crippen molar-refractivity contribution in [3.05, 3.63) is 69.6 Å². The van der Waals surface area contributed by atoms with E-state index in [1.165, 1.54) is 6.07 Å². The molecule has 140 valence electrons. The van der Waals surface area contributed by atoms with Gasteiger partial charge in [0.2, 0.25) is 0 Å². The van der Waals surface area contributed by atoms with E-state index in [-0.39, 0.29) is 11.2 Å². The van der Waals surface area contributed by atoms with Gasteiger partial charge in [0, 0.05) is 28.3 Å². The van der Waals surface area contributed by atoms with E-state index in [2.05, 4.69) is 24.5 Å². The molecule has 2 aromatic carbocycles. The SMILES string of the molecule is Cc1ccc2c(c1)NC(c1c(F)cccc1Cl)C1=C(CC(C)(C)CC1=O)N2. The lowest BCUT2D eigenvalue weighted by Gasteiger charge is -2.34. The number of carbonyl (C=O) groups excluding carboxylic acids is 1. The molecule has 1 aliphatic carbocycles. The molecular weight excluding hydrogens is 363 g/mol. The summed E-state index contributed by atoms with van der Waals surface area (Å²) in [6.45, 7) is 6.16. The molecule has 0 saturated heterocycles. The van der Waals surface area contributed by atoms with Crippen LogP contribution in [0, 0.1) is 18.2 Å². The topological polar surface area (TPSA) is 41.1 Å². The molecule has 3 nitrogen and oxygen atoms in total. The first-order valence-electron chi connectivity index (χ1n) is 9.09. The van der Waals surface area contributed by atoms with Crippen LogP contribution in [-0.2, 0) is 4.79 Å². The van der Waals surface area contributed by atoms with E-state index < -0.39 is 11.9 Å². The maximum atomic E-state index is 14.8. The van der Waals surface area contributed by atoms with E-state index in [0.717, 1.165) is 22.6 Å². The van der Waals surface area contributed by atoms with E-state index >= 15 is 0 Å². The number of benzene rings is 2. The summed E-state index contributed by atoms with van der Waals surface area (Å²) in [6.07, 6.45) is 1.14. The third kappa shape index (κ3) is 3.23. The molecule has 1 atom stereocenters. The second-order valence-electron chi connectivity index (χ2n) is 8.22. The first-order chi connectivity index (χ1) is 12.7. The van der Waals surface area contributed by atoms with Crippen LogP contribution in [0.5, 0.6) is 0 Å². The lowest BCUT2D eigenvalue weighted by molar-refractivity contribution is -0.118. The Labute approximate surface area is 163 Å². The lowest BCUT2D eigenvalue weighted by atomic mass is 9.73. The number of allylic oxidation sites excluding steroid dienone is 1. The number of halogens is 2. The molecule has 0 aromatic heterocycles. The predicted molar refractivity (Wildman–Crippen MR) is 108 cm³/mol. The van der Waals surface area contributed by atoms with E-state index in [1.807, 2.05) is 25.1 Å². The number of aryl methyl sites for hydroxylation is 1. The Morgan fingerprint density at radius 3 is 2.67 bits per heavy atom. The smallest absolute Gasteiger partial charge is 0.163 e. The number of Topliss-reactive ketones (excluding diaryl/α,β-unsaturated/α-hetero) is 1. The van der Waals surface area contributed by atoms with Gasteiger partial charge in [-0.25, -0.2) is 4.39 Å². The van der Waals surface area contributed by atoms with Gasteiger partial charge in [-0.15, -0.1) is 0 Å². The van der Waals surface area contributed by atoms with Crippen LogP contribution >= 0.6 is 11.6 Å². The number of carbonyl (C=O) groups is 1. The molecule has 0 bridgehead atoms. The molecule has 27 heavy (non-hydrogen) atoms. The number of ketones is 1. The fourth-order valence-electron chi connectivity index (χ4n) is 4.06. The lowest BCUT2D eigenvalue weighted by Crippen LogP contribution is -2.31. The number of nitrogens with one attached hydrogen (secondary N) is 2. The molecule has 1 aliphatic heterocycles. The third-order valence-corrected chi connectivity index (χ3v) is 5.59. The molecule has 0 fully saturated rings. The van der Waals surface area contributed by atoms with E-state index in [4.69, 9.17) is 11.6 Å². The Bertz CT molecular complexity index is 960. The second kappa shape index (κ2) is 6.38. The van der Waals surface area contributed by atoms with Crippen LogP contribution in [0.25, 0.3) is 0 Å². The van der Waals surface area contributed by atoms with E-state index in [1.54, 1.807) is 12.1 Å². The van der Waals surface area contributed by atoms with Crippen molar-refractivity contribution >= 4 is 28.8 Å². The van der Waals surface area contributed by atoms with Crippen molar-refractivity contribution in [3.63, 3.8) is 0 Å². The van der Waals surface area contributed by atoms with Crippen molar-refractivity contribution in [1.29, 1.82) is 0 Å². The van der Waals surface area contributed by atoms with Gasteiger partial charge in [0.1, 0.15) is 5.82 Å². The minimum absolute atomic E-state index is 0.0232. The van der Waals surface area contributed by atoms with Gasteiger partial charge in [-0.1, -0.05) is 37.6 Å². The highest BCUT2D eigenvalue weighted by Crippen LogP contribution is 2.46. The fraction of sp³-hybridized carbons (Fsp3) is 0.318. The number of hydrogen-bond acceptors (Lipinski definition) is 3. The zero-order chi connectivity index (χ0) is 19.3. The standard InChI is InChI=1S/C22H22ClFN2O/c1-12-7-8-15-16(9-12)26-21(19-13(23)5-4-6-14(19)24)20-17(25-15)10-22(2,3)11-18(20)27/h4-9,21,25-26H,10-11H2,1-3H3. The van der Waals surface area contributed by atoms with Gasteiger partial charge in [-0.2, -0.15) is 0 Å². The van der Waals surface area contributed by atoms with Gasteiger partial charge in [0.05, 0.1) is 17.4 Å². The molecule has 2 aliphatic rings. The van der Waals surface area contributed by atoms with Crippen LogP contribution in [0.4, 0.5) is 15.8 Å². The van der Waals surface area contributed by atoms with Crippen LogP contribution in [0.1, 0.15) is 43.9 Å². The molecule has 0 saturated carbocycles. The average Bonchev–Trinajstić information content (AvgIpc) is 2.69. The summed E-state index contributed by atoms with van der Waals surface area (Å²) in [4.78, 5) is 13.1. The summed E-state index contributed by atoms with van der Waals surface area (Å²) in [5.74, 6) is -0.393. The normalized spacial score (nSPS) is 20.9. The number of anilines is 2. The monoisotopic (exact) mass is 384 g/mol. The van der Waals surface area contributed by atoms with Gasteiger partial charge in [-0.05, 0) is 48.6 Å². The maximum Gasteiger partial charge on any atom is 0.163 e. The first-order valence-corrected chi connectivity index (χ1v) is 9.47. The summed E-state index contributed by atoms with van der Waals surface area (Å²) in [6, 6.07) is 9.99. The van der Waals surface area contributed by atoms with Crippen molar-refractivity contribution < 1.29 is 9.18 Å². The fourth-order valence-corrected chi connectivity index (χ4v) is 4.33. The Balaban J connectivity index is 1.95. The molecule has 0 spiro atoms. The molecular formula is C22H22ClFN2O. The first kappa shape index (κ1) is 18.1. The largest absolute Gasteiger partial charge is 0.372 e. The minimum Gasteiger partial charge on any atom is -0.372 e. The van der Waals surface area contributed by atoms with Gasteiger partial charge in [-0.3, -0.25) is 4.79 Å². The maximum absolute atomic E-state index is 14.8. The number of hydrogen-bond donors (Lipinski definition) is 2. The van der Waals surface area contributed by atoms with Crippen LogP contribution in [0.3, 0.4) is 0 Å². The number of rotatable bonds is 1. The van der Waals surface area contributed by atoms with Gasteiger partial charge in [0.25, 0.3) is 0 Å². The van der Waals surface area contributed by atoms with Crippen molar-refractivity contribution in [2.75, 3.05) is 10.6 Å². The van der Waals surface area contributed by atoms with Crippen molar-refractivity contribution in [2.45, 2.75) is 39.7 Å². The predicted octanol–water partition coefficient (Wildman–Crippen LogP) is 6.01. The van der Waals surface area contributed by atoms with Crippen molar-refractivity contribution in [2.24, 2.45) is 5.41 Å². The molecule has 1 unspecified atom stereocenters. The zero-order valence-electron chi connectivity index (χ0n) is 15.6. The number of fused-ring (bicyclic) bond motifs is 1. The Hall–Kier alpha value is -2.33. The van der Waals surface area contributed by atoms with Crippen LogP contribution in [0.15, 0.2) is 47.7 Å². The van der Waals surface area contributed by atoms with Gasteiger partial charge < -0.3 is 10.6 Å². The molecule has 1 heterocycles. The van der Waals surface area contributed by atoms with Crippen molar-refractivity contribution in [1.82, 2.24) is 0 Å². The third-order valence-electron chi connectivity index (χ3n) is 5.26. The molecule has 2 aromatic rings. The van der Waals surface area contributed by atoms with Crippen molar-refractivity contribution in [3.8, 4) is 0 Å². The Kier molecular flexibility index (Phi) is 4.26. The second-order valence-corrected chi connectivity index (χ2v) is 8.63. The highest BCUT2D eigenvalue weighted by Gasteiger charge is 2.40. The van der Waals surface area contributed by atoms with Gasteiger partial charge >= 0.3 is 0 Å². The van der Waals surface area contributed by atoms with Gasteiger partial charge in [0.15, 0.2) is 5.78 Å². The highest BCUT2D eigenvalue weighted by atomic mass is 35.5. The van der Waals surface area contributed by atoms with E-state index in [0.29, 0.717) is 29.0 Å². The molecule has 4 rings (SSSR count). The summed E-state index contributed by atoms with van der Waals surface area (Å²) in [7, 11) is 0. The quantitative estimate of drug-likeness (QED) is 0.632. The summed E-state index contributed by atoms with van der Waals surface area (Å²) < 4.78 is 14.8. The minimum atomic E-state index is -0.632. The van der Waals surface area contributed by atoms with Crippen LogP contribution in [0.2, 0.25) is 5.02 Å². The molecule has 0 radical (unpaired) electrons. The van der Waals surface area contributed by atoms with Crippen LogP contribution < -0.4 is 10.6 Å². The summed E-state index contributed by atoms with van der Waals surface area (Å²) in [5, 5.41) is 7.15. The Morgan fingerprint density at radius 2 is 1.93 bits per heavy atom. The summed E-state index contributed by atoms with van der Waals surface area (Å²) in [5.41, 5.74) is 4.38. The zero-order valence-corrected chi connectivity index (χ0v) is 16.4. The Morgan fingerprint density at radius 1 is 1.15 bits per heavy atom.